The summed E-state index contributed by atoms with van der Waals surface area (Å²) in [7, 11) is -3.15. The maximum atomic E-state index is 11.5. The molecule has 1 aliphatic heterocycles. The van der Waals surface area contributed by atoms with Gasteiger partial charge < -0.3 is 10.2 Å². The van der Waals surface area contributed by atoms with Crippen LogP contribution in [-0.4, -0.2) is 62.6 Å². The van der Waals surface area contributed by atoms with E-state index in [0.29, 0.717) is 26.2 Å². The maximum Gasteiger partial charge on any atom is 0.318 e. The molecular formula is C9H15N3O3S. The molecule has 1 saturated heterocycles. The standard InChI is InChI=1S/C9H15N3O3S/c1-3-4-10-9(13)11-5-7-12(8-6-11)16(2,14)15/h1H,4-8H2,2H3,(H,10,13). The molecule has 16 heavy (non-hydrogen) atoms. The molecule has 0 atom stereocenters. The molecule has 6 nitrogen and oxygen atoms in total. The van der Waals surface area contributed by atoms with Gasteiger partial charge in [0.1, 0.15) is 0 Å². The van der Waals surface area contributed by atoms with E-state index in [1.54, 1.807) is 4.90 Å². The van der Waals surface area contributed by atoms with Gasteiger partial charge in [0.2, 0.25) is 10.0 Å². The van der Waals surface area contributed by atoms with Gasteiger partial charge in [-0.15, -0.1) is 6.42 Å². The molecule has 1 aliphatic rings. The van der Waals surface area contributed by atoms with Crippen molar-refractivity contribution in [3.63, 3.8) is 0 Å². The Labute approximate surface area is 95.6 Å². The van der Waals surface area contributed by atoms with Crippen LogP contribution < -0.4 is 5.32 Å². The average Bonchev–Trinajstić information content (AvgIpc) is 2.25. The number of hydrogen-bond donors (Lipinski definition) is 1. The van der Waals surface area contributed by atoms with Gasteiger partial charge in [0.25, 0.3) is 0 Å². The van der Waals surface area contributed by atoms with Crippen LogP contribution in [0.5, 0.6) is 0 Å². The number of amides is 2. The van der Waals surface area contributed by atoms with E-state index in [1.165, 1.54) is 10.6 Å². The molecule has 0 aromatic heterocycles. The second kappa shape index (κ2) is 5.18. The number of carbonyl (C=O) groups excluding carboxylic acids is 1. The molecule has 0 bridgehead atoms. The van der Waals surface area contributed by atoms with E-state index in [1.807, 2.05) is 0 Å². The van der Waals surface area contributed by atoms with Gasteiger partial charge in [0.05, 0.1) is 12.8 Å². The van der Waals surface area contributed by atoms with Crippen molar-refractivity contribution in [2.45, 2.75) is 0 Å². The van der Waals surface area contributed by atoms with Gasteiger partial charge in [-0.25, -0.2) is 13.2 Å². The van der Waals surface area contributed by atoms with Crippen LogP contribution in [0.2, 0.25) is 0 Å². The zero-order valence-corrected chi connectivity index (χ0v) is 9.96. The summed E-state index contributed by atoms with van der Waals surface area (Å²) >= 11 is 0. The van der Waals surface area contributed by atoms with Crippen LogP contribution in [-0.2, 0) is 10.0 Å². The molecule has 0 radical (unpaired) electrons. The smallest absolute Gasteiger partial charge is 0.318 e. The summed E-state index contributed by atoms with van der Waals surface area (Å²) < 4.78 is 23.8. The minimum Gasteiger partial charge on any atom is -0.327 e. The molecule has 90 valence electrons. The highest BCUT2D eigenvalue weighted by atomic mass is 32.2. The van der Waals surface area contributed by atoms with Gasteiger partial charge in [0, 0.05) is 26.2 Å². The highest BCUT2D eigenvalue weighted by Crippen LogP contribution is 2.05. The lowest BCUT2D eigenvalue weighted by Gasteiger charge is -2.33. The van der Waals surface area contributed by atoms with Crippen molar-refractivity contribution in [1.29, 1.82) is 0 Å². The number of piperazine rings is 1. The zero-order chi connectivity index (χ0) is 12.2. The van der Waals surface area contributed by atoms with Crippen LogP contribution in [0.1, 0.15) is 0 Å². The Morgan fingerprint density at radius 3 is 2.38 bits per heavy atom. The summed E-state index contributed by atoms with van der Waals surface area (Å²) in [5, 5.41) is 2.54. The highest BCUT2D eigenvalue weighted by molar-refractivity contribution is 7.88. The molecule has 2 amide bonds. The second-order valence-corrected chi connectivity index (χ2v) is 5.49. The number of nitrogens with zero attached hydrogens (tertiary/aromatic N) is 2. The summed E-state index contributed by atoms with van der Waals surface area (Å²) in [5.41, 5.74) is 0. The van der Waals surface area contributed by atoms with Crippen LogP contribution in [0.3, 0.4) is 0 Å². The van der Waals surface area contributed by atoms with Crippen LogP contribution in [0.4, 0.5) is 4.79 Å². The monoisotopic (exact) mass is 245 g/mol. The van der Waals surface area contributed by atoms with Gasteiger partial charge in [-0.1, -0.05) is 5.92 Å². The molecule has 0 spiro atoms. The topological polar surface area (TPSA) is 69.7 Å². The first-order chi connectivity index (χ1) is 7.45. The summed E-state index contributed by atoms with van der Waals surface area (Å²) in [4.78, 5) is 13.0. The normalized spacial score (nSPS) is 17.9. The number of terminal acetylenes is 1. The van der Waals surface area contributed by atoms with Crippen LogP contribution in [0.25, 0.3) is 0 Å². The van der Waals surface area contributed by atoms with Crippen LogP contribution in [0.15, 0.2) is 0 Å². The van der Waals surface area contributed by atoms with Crippen molar-refractivity contribution in [3.05, 3.63) is 0 Å². The molecule has 1 N–H and O–H groups in total. The zero-order valence-electron chi connectivity index (χ0n) is 9.14. The molecule has 7 heteroatoms. The molecule has 0 unspecified atom stereocenters. The van der Waals surface area contributed by atoms with E-state index in [2.05, 4.69) is 11.2 Å². The molecule has 1 heterocycles. The molecule has 0 saturated carbocycles. The largest absolute Gasteiger partial charge is 0.327 e. The molecule has 0 aromatic carbocycles. The minimum atomic E-state index is -3.15. The third-order valence-corrected chi connectivity index (χ3v) is 3.64. The quantitative estimate of drug-likeness (QED) is 0.628. The van der Waals surface area contributed by atoms with E-state index in [-0.39, 0.29) is 12.6 Å². The molecule has 1 fully saturated rings. The Morgan fingerprint density at radius 2 is 1.94 bits per heavy atom. The first kappa shape index (κ1) is 12.8. The van der Waals surface area contributed by atoms with Crippen molar-refractivity contribution < 1.29 is 13.2 Å². The molecule has 0 aromatic rings. The third kappa shape index (κ3) is 3.40. The summed E-state index contributed by atoms with van der Waals surface area (Å²) in [6.07, 6.45) is 6.18. The summed E-state index contributed by atoms with van der Waals surface area (Å²) in [5.74, 6) is 2.31. The molecular weight excluding hydrogens is 230 g/mol. The summed E-state index contributed by atoms with van der Waals surface area (Å²) in [6, 6.07) is -0.244. The van der Waals surface area contributed by atoms with E-state index in [4.69, 9.17) is 6.42 Å². The first-order valence-corrected chi connectivity index (χ1v) is 6.71. The van der Waals surface area contributed by atoms with Crippen molar-refractivity contribution >= 4 is 16.1 Å². The predicted octanol–water partition coefficient (Wildman–Crippen LogP) is -1.09. The lowest BCUT2D eigenvalue weighted by atomic mass is 10.4. The fourth-order valence-corrected chi connectivity index (χ4v) is 2.29. The SMILES string of the molecule is C#CCNC(=O)N1CCN(S(C)(=O)=O)CC1. The number of hydrogen-bond acceptors (Lipinski definition) is 3. The van der Waals surface area contributed by atoms with E-state index >= 15 is 0 Å². The van der Waals surface area contributed by atoms with Crippen LogP contribution in [0, 0.1) is 12.3 Å². The highest BCUT2D eigenvalue weighted by Gasteiger charge is 2.25. The average molecular weight is 245 g/mol. The van der Waals surface area contributed by atoms with E-state index < -0.39 is 10.0 Å². The second-order valence-electron chi connectivity index (χ2n) is 3.51. The van der Waals surface area contributed by atoms with Gasteiger partial charge in [-0.05, 0) is 0 Å². The van der Waals surface area contributed by atoms with Crippen molar-refractivity contribution in [1.82, 2.24) is 14.5 Å². The fourth-order valence-electron chi connectivity index (χ4n) is 1.46. The predicted molar refractivity (Wildman–Crippen MR) is 60.2 cm³/mol. The number of nitrogens with one attached hydrogen (secondary N) is 1. The van der Waals surface area contributed by atoms with Crippen molar-refractivity contribution in [3.8, 4) is 12.3 Å². The Balaban J connectivity index is 2.44. The van der Waals surface area contributed by atoms with Crippen molar-refractivity contribution in [2.75, 3.05) is 39.0 Å². The first-order valence-electron chi connectivity index (χ1n) is 4.86. The summed E-state index contributed by atoms with van der Waals surface area (Å²) in [6.45, 7) is 1.64. The Kier molecular flexibility index (Phi) is 4.15. The maximum absolute atomic E-state index is 11.5. The fraction of sp³-hybridized carbons (Fsp3) is 0.667. The Morgan fingerprint density at radius 1 is 1.38 bits per heavy atom. The van der Waals surface area contributed by atoms with Gasteiger partial charge in [0.15, 0.2) is 0 Å². The van der Waals surface area contributed by atoms with Gasteiger partial charge in [-0.2, -0.15) is 4.31 Å². The minimum absolute atomic E-state index is 0.186. The lowest BCUT2D eigenvalue weighted by Crippen LogP contribution is -2.52. The van der Waals surface area contributed by atoms with Gasteiger partial charge >= 0.3 is 6.03 Å². The third-order valence-electron chi connectivity index (χ3n) is 2.34. The molecule has 0 aliphatic carbocycles. The van der Waals surface area contributed by atoms with E-state index in [9.17, 15) is 13.2 Å². The van der Waals surface area contributed by atoms with Gasteiger partial charge in [-0.3, -0.25) is 0 Å². The number of rotatable bonds is 2. The number of carbonyl (C=O) groups is 1. The Bertz CT molecular complexity index is 391. The number of urea groups is 1. The van der Waals surface area contributed by atoms with Crippen LogP contribution >= 0.6 is 0 Å². The van der Waals surface area contributed by atoms with Crippen molar-refractivity contribution in [2.24, 2.45) is 0 Å². The van der Waals surface area contributed by atoms with E-state index in [0.717, 1.165) is 0 Å². The number of sulfonamides is 1. The lowest BCUT2D eigenvalue weighted by molar-refractivity contribution is 0.173. The molecule has 1 rings (SSSR count). The Hall–Kier alpha value is -1.26.